The zero-order valence-corrected chi connectivity index (χ0v) is 16.2. The summed E-state index contributed by atoms with van der Waals surface area (Å²) in [6.07, 6.45) is 1.44. The predicted molar refractivity (Wildman–Crippen MR) is 100 cm³/mol. The summed E-state index contributed by atoms with van der Waals surface area (Å²) < 4.78 is 13.5. The van der Waals surface area contributed by atoms with Crippen LogP contribution in [0.3, 0.4) is 0 Å². The molecular weight excluding hydrogens is 367 g/mol. The number of amides is 1. The second-order valence-electron chi connectivity index (χ2n) is 7.54. The minimum atomic E-state index is -0.890. The van der Waals surface area contributed by atoms with Crippen LogP contribution in [-0.4, -0.2) is 56.4 Å². The summed E-state index contributed by atoms with van der Waals surface area (Å²) in [5.74, 6) is 0.260. The highest BCUT2D eigenvalue weighted by molar-refractivity contribution is 7.11. The lowest BCUT2D eigenvalue weighted by Gasteiger charge is -2.45. The summed E-state index contributed by atoms with van der Waals surface area (Å²) in [4.78, 5) is 15.3. The first-order chi connectivity index (χ1) is 12.9. The lowest BCUT2D eigenvalue weighted by atomic mass is 10.00. The summed E-state index contributed by atoms with van der Waals surface area (Å²) in [6.45, 7) is 4.97. The molecule has 2 aromatic rings. The van der Waals surface area contributed by atoms with E-state index in [0.29, 0.717) is 19.0 Å². The monoisotopic (exact) mass is 390 g/mol. The van der Waals surface area contributed by atoms with E-state index in [1.807, 2.05) is 13.8 Å². The highest BCUT2D eigenvalue weighted by Gasteiger charge is 2.38. The van der Waals surface area contributed by atoms with Gasteiger partial charge in [0.25, 0.3) is 0 Å². The van der Waals surface area contributed by atoms with Crippen molar-refractivity contribution in [2.45, 2.75) is 50.7 Å². The fourth-order valence-corrected chi connectivity index (χ4v) is 4.92. The number of rotatable bonds is 4. The molecule has 1 saturated heterocycles. The van der Waals surface area contributed by atoms with Gasteiger partial charge in [-0.2, -0.15) is 0 Å². The fourth-order valence-electron chi connectivity index (χ4n) is 3.75. The smallest absolute Gasteiger partial charge is 0.407 e. The van der Waals surface area contributed by atoms with Crippen molar-refractivity contribution in [3.63, 3.8) is 0 Å². The summed E-state index contributed by atoms with van der Waals surface area (Å²) >= 11 is 1.63. The molecule has 27 heavy (non-hydrogen) atoms. The topological polar surface area (TPSA) is 69.6 Å². The Morgan fingerprint density at radius 2 is 1.89 bits per heavy atom. The number of hydrogen-bond donors (Lipinski definition) is 1. The molecule has 1 N–H and O–H groups in total. The molecule has 2 unspecified atom stereocenters. The van der Waals surface area contributed by atoms with Gasteiger partial charge >= 0.3 is 6.09 Å². The van der Waals surface area contributed by atoms with Crippen molar-refractivity contribution in [1.82, 2.24) is 20.0 Å². The fraction of sp³-hybridized carbons (Fsp3) is 0.526. The van der Waals surface area contributed by atoms with E-state index in [1.54, 1.807) is 23.5 Å². The van der Waals surface area contributed by atoms with Gasteiger partial charge in [-0.1, -0.05) is 23.5 Å². The standard InChI is InChI=1S/C19H23FN4O2S/c1-11-10-24(19(25)26)12(2)9-23(11)16(13-5-7-15(20)8-6-13)18-22-21-17(27-18)14-3-4-14/h5-8,11-12,14,16H,3-4,9-10H2,1-2H3,(H,25,26)/t11?,12-,16?/m0/s1. The second kappa shape index (κ2) is 7.16. The van der Waals surface area contributed by atoms with Gasteiger partial charge in [0.1, 0.15) is 15.8 Å². The molecule has 1 amide bonds. The zero-order valence-electron chi connectivity index (χ0n) is 15.4. The van der Waals surface area contributed by atoms with Crippen molar-refractivity contribution in [1.29, 1.82) is 0 Å². The zero-order chi connectivity index (χ0) is 19.1. The molecule has 2 fully saturated rings. The summed E-state index contributed by atoms with van der Waals surface area (Å²) in [7, 11) is 0. The molecule has 2 aliphatic rings. The molecule has 4 rings (SSSR count). The third kappa shape index (κ3) is 3.68. The van der Waals surface area contributed by atoms with Crippen molar-refractivity contribution >= 4 is 17.4 Å². The summed E-state index contributed by atoms with van der Waals surface area (Å²) in [5.41, 5.74) is 0.956. The van der Waals surface area contributed by atoms with Crippen LogP contribution in [0.15, 0.2) is 24.3 Å². The lowest BCUT2D eigenvalue weighted by molar-refractivity contribution is 0.0278. The minimum absolute atomic E-state index is 0.0145. The van der Waals surface area contributed by atoms with Gasteiger partial charge in [0.2, 0.25) is 0 Å². The van der Waals surface area contributed by atoms with Gasteiger partial charge in [-0.05, 0) is 44.4 Å². The van der Waals surface area contributed by atoms with Crippen LogP contribution in [0.1, 0.15) is 54.2 Å². The molecule has 1 saturated carbocycles. The average Bonchev–Trinajstić information content (AvgIpc) is 3.38. The molecule has 2 heterocycles. The Balaban J connectivity index is 1.68. The number of piperazine rings is 1. The molecule has 0 spiro atoms. The molecule has 1 aromatic carbocycles. The van der Waals surface area contributed by atoms with Crippen LogP contribution in [0.2, 0.25) is 0 Å². The van der Waals surface area contributed by atoms with Gasteiger partial charge in [0.15, 0.2) is 0 Å². The first kappa shape index (κ1) is 18.3. The van der Waals surface area contributed by atoms with Gasteiger partial charge in [0, 0.05) is 31.1 Å². The largest absolute Gasteiger partial charge is 0.465 e. The van der Waals surface area contributed by atoms with Crippen LogP contribution in [0.4, 0.5) is 9.18 Å². The first-order valence-electron chi connectivity index (χ1n) is 9.28. The lowest BCUT2D eigenvalue weighted by Crippen LogP contribution is -2.58. The van der Waals surface area contributed by atoms with Gasteiger partial charge in [-0.25, -0.2) is 9.18 Å². The van der Waals surface area contributed by atoms with E-state index < -0.39 is 6.09 Å². The van der Waals surface area contributed by atoms with Crippen molar-refractivity contribution in [3.05, 3.63) is 45.7 Å². The molecule has 0 bridgehead atoms. The van der Waals surface area contributed by atoms with E-state index in [-0.39, 0.29) is 23.9 Å². The number of aromatic nitrogens is 2. The molecule has 8 heteroatoms. The number of benzene rings is 1. The van der Waals surface area contributed by atoms with Crippen LogP contribution in [0.25, 0.3) is 0 Å². The number of nitrogens with zero attached hydrogens (tertiary/aromatic N) is 4. The molecule has 0 radical (unpaired) electrons. The first-order valence-corrected chi connectivity index (χ1v) is 10.1. The highest BCUT2D eigenvalue weighted by Crippen LogP contribution is 2.43. The maximum Gasteiger partial charge on any atom is 0.407 e. The molecule has 1 aliphatic heterocycles. The van der Waals surface area contributed by atoms with Crippen molar-refractivity contribution < 1.29 is 14.3 Å². The maximum absolute atomic E-state index is 13.5. The van der Waals surface area contributed by atoms with Crippen molar-refractivity contribution in [3.8, 4) is 0 Å². The molecule has 6 nitrogen and oxygen atoms in total. The van der Waals surface area contributed by atoms with Crippen LogP contribution in [-0.2, 0) is 0 Å². The van der Waals surface area contributed by atoms with Crippen LogP contribution >= 0.6 is 11.3 Å². The Hall–Kier alpha value is -2.06. The van der Waals surface area contributed by atoms with Gasteiger partial charge in [-0.15, -0.1) is 10.2 Å². The van der Waals surface area contributed by atoms with Crippen LogP contribution in [0.5, 0.6) is 0 Å². The third-order valence-corrected chi connectivity index (χ3v) is 6.55. The quantitative estimate of drug-likeness (QED) is 0.862. The Morgan fingerprint density at radius 3 is 2.52 bits per heavy atom. The van der Waals surface area contributed by atoms with Gasteiger partial charge in [0.05, 0.1) is 6.04 Å². The number of halogens is 1. The van der Waals surface area contributed by atoms with E-state index in [4.69, 9.17) is 0 Å². The van der Waals surface area contributed by atoms with Crippen molar-refractivity contribution in [2.75, 3.05) is 13.1 Å². The van der Waals surface area contributed by atoms with E-state index in [1.165, 1.54) is 29.9 Å². The van der Waals surface area contributed by atoms with Crippen LogP contribution in [0, 0.1) is 5.82 Å². The molecule has 1 aromatic heterocycles. The van der Waals surface area contributed by atoms with Gasteiger partial charge < -0.3 is 10.0 Å². The average molecular weight is 390 g/mol. The molecule has 1 aliphatic carbocycles. The van der Waals surface area contributed by atoms with E-state index in [9.17, 15) is 14.3 Å². The Labute approximate surface area is 161 Å². The second-order valence-corrected chi connectivity index (χ2v) is 8.58. The Kier molecular flexibility index (Phi) is 4.86. The number of hydrogen-bond acceptors (Lipinski definition) is 5. The normalized spacial score (nSPS) is 24.8. The SMILES string of the molecule is CC1CN(C(=O)O)[C@@H](C)CN1C(c1ccc(F)cc1)c1nnc(C2CC2)s1. The van der Waals surface area contributed by atoms with Crippen molar-refractivity contribution in [2.24, 2.45) is 0 Å². The van der Waals surface area contributed by atoms with E-state index >= 15 is 0 Å². The third-order valence-electron chi connectivity index (χ3n) is 5.41. The molecule has 3 atom stereocenters. The summed E-state index contributed by atoms with van der Waals surface area (Å²) in [6, 6.07) is 6.25. The molecule has 144 valence electrons. The maximum atomic E-state index is 13.5. The minimum Gasteiger partial charge on any atom is -0.465 e. The van der Waals surface area contributed by atoms with E-state index in [2.05, 4.69) is 15.1 Å². The van der Waals surface area contributed by atoms with E-state index in [0.717, 1.165) is 15.6 Å². The number of carboxylic acid groups (broad SMARTS) is 1. The predicted octanol–water partition coefficient (Wildman–Crippen LogP) is 3.72. The number of carbonyl (C=O) groups is 1. The Bertz CT molecular complexity index is 823. The molecular formula is C19H23FN4O2S. The van der Waals surface area contributed by atoms with Crippen LogP contribution < -0.4 is 0 Å². The summed E-state index contributed by atoms with van der Waals surface area (Å²) in [5, 5.41) is 20.3. The highest BCUT2D eigenvalue weighted by atomic mass is 32.1. The Morgan fingerprint density at radius 1 is 1.19 bits per heavy atom. The van der Waals surface area contributed by atoms with Gasteiger partial charge in [-0.3, -0.25) is 4.90 Å².